The van der Waals surface area contributed by atoms with Gasteiger partial charge in [0, 0.05) is 26.6 Å². The summed E-state index contributed by atoms with van der Waals surface area (Å²) in [5.41, 5.74) is 0.880. The standard InChI is InChI=1S/C18H23N7O2/c1-14-22-25(12-17(26)19-10-8-16-21-20-13-23(16)2)18(27)24(14)11-9-15-6-4-3-5-7-15/h3-7,13H,8-12H2,1-2H3,(H,19,26). The van der Waals surface area contributed by atoms with Crippen molar-refractivity contribution in [2.45, 2.75) is 32.9 Å². The number of carbonyl (C=O) groups is 1. The maximum absolute atomic E-state index is 12.5. The van der Waals surface area contributed by atoms with Crippen molar-refractivity contribution in [2.24, 2.45) is 7.05 Å². The van der Waals surface area contributed by atoms with Crippen LogP contribution in [0.25, 0.3) is 0 Å². The summed E-state index contributed by atoms with van der Waals surface area (Å²) in [6.07, 6.45) is 2.92. The van der Waals surface area contributed by atoms with Crippen LogP contribution in [0.5, 0.6) is 0 Å². The molecule has 9 nitrogen and oxygen atoms in total. The fourth-order valence-electron chi connectivity index (χ4n) is 2.83. The maximum Gasteiger partial charge on any atom is 0.346 e. The van der Waals surface area contributed by atoms with Crippen LogP contribution in [0.3, 0.4) is 0 Å². The smallest absolute Gasteiger partial charge is 0.346 e. The van der Waals surface area contributed by atoms with Crippen LogP contribution in [0.2, 0.25) is 0 Å². The molecule has 1 amide bonds. The molecule has 0 aliphatic heterocycles. The van der Waals surface area contributed by atoms with E-state index in [4.69, 9.17) is 0 Å². The third-order valence-corrected chi connectivity index (χ3v) is 4.34. The molecule has 1 aromatic carbocycles. The molecule has 0 fully saturated rings. The Bertz CT molecular complexity index is 956. The van der Waals surface area contributed by atoms with Gasteiger partial charge in [0.1, 0.15) is 24.5 Å². The van der Waals surface area contributed by atoms with E-state index in [0.717, 1.165) is 17.8 Å². The first-order chi connectivity index (χ1) is 13.0. The van der Waals surface area contributed by atoms with Gasteiger partial charge in [-0.3, -0.25) is 9.36 Å². The quantitative estimate of drug-likeness (QED) is 0.606. The van der Waals surface area contributed by atoms with E-state index in [0.29, 0.717) is 25.3 Å². The first-order valence-corrected chi connectivity index (χ1v) is 8.82. The monoisotopic (exact) mass is 369 g/mol. The summed E-state index contributed by atoms with van der Waals surface area (Å²) >= 11 is 0. The highest BCUT2D eigenvalue weighted by atomic mass is 16.2. The molecule has 27 heavy (non-hydrogen) atoms. The molecule has 1 N–H and O–H groups in total. The summed E-state index contributed by atoms with van der Waals surface area (Å²) in [5, 5.41) is 14.8. The molecular formula is C18H23N7O2. The van der Waals surface area contributed by atoms with Crippen LogP contribution in [-0.2, 0) is 37.8 Å². The number of benzene rings is 1. The second-order valence-electron chi connectivity index (χ2n) is 6.33. The number of aromatic nitrogens is 6. The lowest BCUT2D eigenvalue weighted by atomic mass is 10.1. The second-order valence-corrected chi connectivity index (χ2v) is 6.33. The van der Waals surface area contributed by atoms with Gasteiger partial charge in [0.15, 0.2) is 0 Å². The van der Waals surface area contributed by atoms with Crippen molar-refractivity contribution in [2.75, 3.05) is 6.54 Å². The topological polar surface area (TPSA) is 99.6 Å². The second kappa shape index (κ2) is 8.43. The minimum absolute atomic E-state index is 0.100. The third kappa shape index (κ3) is 4.69. The highest BCUT2D eigenvalue weighted by Crippen LogP contribution is 2.02. The number of aryl methyl sites for hydroxylation is 3. The lowest BCUT2D eigenvalue weighted by Crippen LogP contribution is -2.35. The summed E-state index contributed by atoms with van der Waals surface area (Å²) in [6.45, 7) is 2.63. The van der Waals surface area contributed by atoms with Gasteiger partial charge in [0.25, 0.3) is 0 Å². The highest BCUT2D eigenvalue weighted by molar-refractivity contribution is 5.75. The Hall–Kier alpha value is -3.23. The Kier molecular flexibility index (Phi) is 5.80. The summed E-state index contributed by atoms with van der Waals surface area (Å²) in [5.74, 6) is 1.13. The number of nitrogens with one attached hydrogen (secondary N) is 1. The average molecular weight is 369 g/mol. The molecule has 2 aromatic heterocycles. The lowest BCUT2D eigenvalue weighted by Gasteiger charge is -2.05. The van der Waals surface area contributed by atoms with E-state index in [2.05, 4.69) is 20.6 Å². The van der Waals surface area contributed by atoms with E-state index < -0.39 is 0 Å². The maximum atomic E-state index is 12.5. The molecule has 0 saturated carbocycles. The van der Waals surface area contributed by atoms with Gasteiger partial charge in [0.2, 0.25) is 5.91 Å². The van der Waals surface area contributed by atoms with Crippen molar-refractivity contribution in [1.29, 1.82) is 0 Å². The number of amides is 1. The molecule has 0 radical (unpaired) electrons. The molecule has 0 bridgehead atoms. The van der Waals surface area contributed by atoms with Gasteiger partial charge in [-0.2, -0.15) is 5.10 Å². The molecule has 0 spiro atoms. The molecular weight excluding hydrogens is 346 g/mol. The number of nitrogens with zero attached hydrogens (tertiary/aromatic N) is 6. The van der Waals surface area contributed by atoms with Crippen molar-refractivity contribution < 1.29 is 4.79 Å². The first-order valence-electron chi connectivity index (χ1n) is 8.82. The molecule has 2 heterocycles. The largest absolute Gasteiger partial charge is 0.354 e. The molecule has 9 heteroatoms. The van der Waals surface area contributed by atoms with E-state index in [1.807, 2.05) is 37.4 Å². The minimum Gasteiger partial charge on any atom is -0.354 e. The fourth-order valence-corrected chi connectivity index (χ4v) is 2.83. The number of rotatable bonds is 8. The van der Waals surface area contributed by atoms with Gasteiger partial charge in [-0.1, -0.05) is 30.3 Å². The van der Waals surface area contributed by atoms with Crippen LogP contribution in [0.15, 0.2) is 41.5 Å². The van der Waals surface area contributed by atoms with Crippen LogP contribution >= 0.6 is 0 Å². The molecule has 0 unspecified atom stereocenters. The molecule has 3 aromatic rings. The van der Waals surface area contributed by atoms with Crippen LogP contribution in [0.1, 0.15) is 17.2 Å². The van der Waals surface area contributed by atoms with Gasteiger partial charge in [-0.05, 0) is 18.9 Å². The van der Waals surface area contributed by atoms with E-state index in [1.54, 1.807) is 22.4 Å². The van der Waals surface area contributed by atoms with E-state index in [-0.39, 0.29) is 18.1 Å². The minimum atomic E-state index is -0.271. The Morgan fingerprint density at radius 1 is 1.19 bits per heavy atom. The molecule has 142 valence electrons. The van der Waals surface area contributed by atoms with Crippen LogP contribution < -0.4 is 11.0 Å². The average Bonchev–Trinajstić information content (AvgIpc) is 3.17. The van der Waals surface area contributed by atoms with E-state index in [9.17, 15) is 9.59 Å². The summed E-state index contributed by atoms with van der Waals surface area (Å²) < 4.78 is 4.60. The first kappa shape index (κ1) is 18.6. The number of carbonyl (C=O) groups excluding carboxylic acids is 1. The van der Waals surface area contributed by atoms with Crippen LogP contribution in [-0.4, -0.2) is 41.6 Å². The predicted octanol–water partition coefficient (Wildman–Crippen LogP) is 0.0833. The highest BCUT2D eigenvalue weighted by Gasteiger charge is 2.13. The van der Waals surface area contributed by atoms with Crippen LogP contribution in [0, 0.1) is 6.92 Å². The Morgan fingerprint density at radius 2 is 1.96 bits per heavy atom. The van der Waals surface area contributed by atoms with Gasteiger partial charge >= 0.3 is 5.69 Å². The van der Waals surface area contributed by atoms with E-state index >= 15 is 0 Å². The van der Waals surface area contributed by atoms with Gasteiger partial charge < -0.3 is 9.88 Å². The van der Waals surface area contributed by atoms with E-state index in [1.165, 1.54) is 4.68 Å². The molecule has 0 aliphatic carbocycles. The summed E-state index contributed by atoms with van der Waals surface area (Å²) in [7, 11) is 1.85. The number of hydrogen-bond donors (Lipinski definition) is 1. The molecule has 0 aliphatic rings. The van der Waals surface area contributed by atoms with Crippen molar-refractivity contribution in [3.8, 4) is 0 Å². The Morgan fingerprint density at radius 3 is 2.67 bits per heavy atom. The zero-order chi connectivity index (χ0) is 19.2. The molecule has 3 rings (SSSR count). The van der Waals surface area contributed by atoms with Crippen LogP contribution in [0.4, 0.5) is 0 Å². The molecule has 0 saturated heterocycles. The lowest BCUT2D eigenvalue weighted by molar-refractivity contribution is -0.121. The zero-order valence-electron chi connectivity index (χ0n) is 15.5. The predicted molar refractivity (Wildman–Crippen MR) is 99.1 cm³/mol. The normalized spacial score (nSPS) is 10.9. The Labute approximate surface area is 156 Å². The van der Waals surface area contributed by atoms with Gasteiger partial charge in [-0.15, -0.1) is 10.2 Å². The summed E-state index contributed by atoms with van der Waals surface area (Å²) in [6, 6.07) is 9.95. The van der Waals surface area contributed by atoms with Crippen molar-refractivity contribution in [3.05, 3.63) is 64.4 Å². The zero-order valence-corrected chi connectivity index (χ0v) is 15.5. The van der Waals surface area contributed by atoms with Crippen molar-refractivity contribution in [3.63, 3.8) is 0 Å². The van der Waals surface area contributed by atoms with Crippen molar-refractivity contribution in [1.82, 2.24) is 34.4 Å². The van der Waals surface area contributed by atoms with Gasteiger partial charge in [0.05, 0.1) is 0 Å². The molecule has 0 atom stereocenters. The number of hydrogen-bond acceptors (Lipinski definition) is 5. The fraction of sp³-hybridized carbons (Fsp3) is 0.389. The Balaban J connectivity index is 1.54. The SMILES string of the molecule is Cc1nn(CC(=O)NCCc2nncn2C)c(=O)n1CCc1ccccc1. The van der Waals surface area contributed by atoms with Gasteiger partial charge in [-0.25, -0.2) is 9.48 Å². The van der Waals surface area contributed by atoms with Crippen molar-refractivity contribution >= 4 is 5.91 Å². The third-order valence-electron chi connectivity index (χ3n) is 4.34. The summed E-state index contributed by atoms with van der Waals surface area (Å²) in [4.78, 5) is 24.6.